The molecule has 8 heteroatoms. The normalized spacial score (nSPS) is 26.0. The van der Waals surface area contributed by atoms with Crippen LogP contribution in [-0.2, 0) is 14.8 Å². The predicted molar refractivity (Wildman–Crippen MR) is 99.8 cm³/mol. The Bertz CT molecular complexity index is 821. The SMILES string of the molecule is CCC(C)NS(=O)(=O)c1ccc(C(=O)N2CC3CCCC3C2C(=O)O)cc1. The number of nitrogens with one attached hydrogen (secondary N) is 1. The van der Waals surface area contributed by atoms with Crippen molar-refractivity contribution in [2.75, 3.05) is 6.54 Å². The molecule has 27 heavy (non-hydrogen) atoms. The van der Waals surface area contributed by atoms with E-state index in [4.69, 9.17) is 0 Å². The number of carboxylic acid groups (broad SMARTS) is 1. The maximum absolute atomic E-state index is 12.9. The summed E-state index contributed by atoms with van der Waals surface area (Å²) in [5.41, 5.74) is 0.309. The van der Waals surface area contributed by atoms with Gasteiger partial charge in [0.05, 0.1) is 4.90 Å². The van der Waals surface area contributed by atoms with Gasteiger partial charge in [0, 0.05) is 18.2 Å². The van der Waals surface area contributed by atoms with Crippen LogP contribution >= 0.6 is 0 Å². The summed E-state index contributed by atoms with van der Waals surface area (Å²) in [5.74, 6) is -1.05. The Morgan fingerprint density at radius 1 is 1.26 bits per heavy atom. The van der Waals surface area contributed by atoms with Crippen molar-refractivity contribution in [1.29, 1.82) is 0 Å². The Hall–Kier alpha value is -1.93. The lowest BCUT2D eigenvalue weighted by atomic mass is 9.94. The summed E-state index contributed by atoms with van der Waals surface area (Å²) in [5, 5.41) is 9.60. The van der Waals surface area contributed by atoms with Crippen molar-refractivity contribution in [2.45, 2.75) is 56.5 Å². The van der Waals surface area contributed by atoms with Gasteiger partial charge >= 0.3 is 5.97 Å². The summed E-state index contributed by atoms with van der Waals surface area (Å²) >= 11 is 0. The molecular formula is C19H26N2O5S. The van der Waals surface area contributed by atoms with E-state index in [-0.39, 0.29) is 28.7 Å². The van der Waals surface area contributed by atoms with Crippen molar-refractivity contribution in [3.63, 3.8) is 0 Å². The van der Waals surface area contributed by atoms with Gasteiger partial charge in [0.25, 0.3) is 5.91 Å². The highest BCUT2D eigenvalue weighted by Crippen LogP contribution is 2.42. The number of fused-ring (bicyclic) bond motifs is 1. The Kier molecular flexibility index (Phi) is 5.58. The lowest BCUT2D eigenvalue weighted by molar-refractivity contribution is -0.142. The molecule has 4 unspecified atom stereocenters. The van der Waals surface area contributed by atoms with Crippen LogP contribution in [0.25, 0.3) is 0 Å². The Morgan fingerprint density at radius 2 is 1.93 bits per heavy atom. The number of aliphatic carboxylic acids is 1. The van der Waals surface area contributed by atoms with E-state index in [1.165, 1.54) is 29.2 Å². The monoisotopic (exact) mass is 394 g/mol. The molecule has 1 aliphatic heterocycles. The van der Waals surface area contributed by atoms with E-state index in [9.17, 15) is 23.1 Å². The fraction of sp³-hybridized carbons (Fsp3) is 0.579. The van der Waals surface area contributed by atoms with Gasteiger partial charge in [-0.25, -0.2) is 17.9 Å². The molecular weight excluding hydrogens is 368 g/mol. The minimum absolute atomic E-state index is 0.0193. The van der Waals surface area contributed by atoms with Crippen LogP contribution in [0.15, 0.2) is 29.2 Å². The average molecular weight is 394 g/mol. The van der Waals surface area contributed by atoms with Gasteiger partial charge in [-0.05, 0) is 62.3 Å². The highest BCUT2D eigenvalue weighted by Gasteiger charge is 2.49. The van der Waals surface area contributed by atoms with Gasteiger partial charge in [-0.1, -0.05) is 13.3 Å². The zero-order valence-electron chi connectivity index (χ0n) is 15.6. The number of hydrogen-bond acceptors (Lipinski definition) is 4. The third-order valence-corrected chi connectivity index (χ3v) is 7.39. The summed E-state index contributed by atoms with van der Waals surface area (Å²) < 4.78 is 27.2. The second kappa shape index (κ2) is 7.59. The van der Waals surface area contributed by atoms with Gasteiger partial charge in [-0.2, -0.15) is 0 Å². The standard InChI is InChI=1S/C19H26N2O5S/c1-3-12(2)20-27(25,26)15-9-7-13(8-10-15)18(22)21-11-14-5-4-6-16(14)17(21)19(23)24/h7-10,12,14,16-17,20H,3-6,11H2,1-2H3,(H,23,24). The first kappa shape index (κ1) is 19.8. The molecule has 1 aromatic carbocycles. The van der Waals surface area contributed by atoms with Crippen molar-refractivity contribution in [3.8, 4) is 0 Å². The molecule has 0 bridgehead atoms. The van der Waals surface area contributed by atoms with Gasteiger partial charge < -0.3 is 10.0 Å². The van der Waals surface area contributed by atoms with Crippen LogP contribution in [0.2, 0.25) is 0 Å². The molecule has 0 radical (unpaired) electrons. The third kappa shape index (κ3) is 3.87. The number of amides is 1. The number of hydrogen-bond donors (Lipinski definition) is 2. The molecule has 1 amide bonds. The van der Waals surface area contributed by atoms with E-state index in [1.807, 2.05) is 6.92 Å². The minimum atomic E-state index is -3.64. The largest absolute Gasteiger partial charge is 0.480 e. The van der Waals surface area contributed by atoms with Crippen molar-refractivity contribution >= 4 is 21.9 Å². The summed E-state index contributed by atoms with van der Waals surface area (Å²) in [6, 6.07) is 4.73. The summed E-state index contributed by atoms with van der Waals surface area (Å²) in [6.45, 7) is 4.13. The Labute approximate surface area is 159 Å². The van der Waals surface area contributed by atoms with Gasteiger partial charge in [0.1, 0.15) is 6.04 Å². The third-order valence-electron chi connectivity index (χ3n) is 5.78. The predicted octanol–water partition coefficient (Wildman–Crippen LogP) is 2.09. The van der Waals surface area contributed by atoms with Crippen molar-refractivity contribution in [2.24, 2.45) is 11.8 Å². The van der Waals surface area contributed by atoms with Gasteiger partial charge in [0.15, 0.2) is 0 Å². The maximum Gasteiger partial charge on any atom is 0.326 e. The van der Waals surface area contributed by atoms with Crippen LogP contribution in [0.4, 0.5) is 0 Å². The van der Waals surface area contributed by atoms with Gasteiger partial charge in [0.2, 0.25) is 10.0 Å². The van der Waals surface area contributed by atoms with E-state index in [0.717, 1.165) is 19.3 Å². The first-order valence-electron chi connectivity index (χ1n) is 9.40. The first-order valence-corrected chi connectivity index (χ1v) is 10.9. The second-order valence-electron chi connectivity index (χ2n) is 7.55. The molecule has 3 rings (SSSR count). The number of carbonyl (C=O) groups excluding carboxylic acids is 1. The minimum Gasteiger partial charge on any atom is -0.480 e. The summed E-state index contributed by atoms with van der Waals surface area (Å²) in [7, 11) is -3.64. The number of sulfonamides is 1. The number of carboxylic acids is 1. The first-order chi connectivity index (χ1) is 12.7. The zero-order chi connectivity index (χ0) is 19.8. The fourth-order valence-corrected chi connectivity index (χ4v) is 5.52. The number of nitrogens with zero attached hydrogens (tertiary/aromatic N) is 1. The molecule has 1 aliphatic carbocycles. The molecule has 4 atom stereocenters. The highest BCUT2D eigenvalue weighted by molar-refractivity contribution is 7.89. The van der Waals surface area contributed by atoms with Crippen LogP contribution in [0.1, 0.15) is 49.9 Å². The lowest BCUT2D eigenvalue weighted by Gasteiger charge is -2.24. The maximum atomic E-state index is 12.9. The second-order valence-corrected chi connectivity index (χ2v) is 9.26. The molecule has 0 aromatic heterocycles. The van der Waals surface area contributed by atoms with E-state index in [2.05, 4.69) is 4.72 Å². The number of rotatable bonds is 6. The molecule has 1 heterocycles. The van der Waals surface area contributed by atoms with Crippen molar-refractivity contribution < 1.29 is 23.1 Å². The fourth-order valence-electron chi connectivity index (χ4n) is 4.19. The molecule has 2 N–H and O–H groups in total. The number of benzene rings is 1. The van der Waals surface area contributed by atoms with Crippen LogP contribution < -0.4 is 4.72 Å². The topological polar surface area (TPSA) is 104 Å². The number of likely N-dealkylation sites (tertiary alicyclic amines) is 1. The van der Waals surface area contributed by atoms with Gasteiger partial charge in [-0.3, -0.25) is 4.79 Å². The molecule has 1 saturated heterocycles. The molecule has 2 fully saturated rings. The summed E-state index contributed by atoms with van der Waals surface area (Å²) in [4.78, 5) is 26.1. The van der Waals surface area contributed by atoms with Crippen LogP contribution in [0, 0.1) is 11.8 Å². The van der Waals surface area contributed by atoms with E-state index < -0.39 is 22.0 Å². The highest BCUT2D eigenvalue weighted by atomic mass is 32.2. The van der Waals surface area contributed by atoms with E-state index in [0.29, 0.717) is 18.5 Å². The molecule has 0 spiro atoms. The molecule has 1 aromatic rings. The molecule has 2 aliphatic rings. The smallest absolute Gasteiger partial charge is 0.326 e. The van der Waals surface area contributed by atoms with Crippen LogP contribution in [-0.4, -0.2) is 48.9 Å². The zero-order valence-corrected chi connectivity index (χ0v) is 16.4. The molecule has 1 saturated carbocycles. The van der Waals surface area contributed by atoms with Crippen LogP contribution in [0.5, 0.6) is 0 Å². The summed E-state index contributed by atoms with van der Waals surface area (Å²) in [6.07, 6.45) is 3.47. The Balaban J connectivity index is 1.79. The molecule has 148 valence electrons. The Morgan fingerprint density at radius 3 is 2.52 bits per heavy atom. The van der Waals surface area contributed by atoms with E-state index in [1.54, 1.807) is 6.92 Å². The number of carbonyl (C=O) groups is 2. The average Bonchev–Trinajstić information content (AvgIpc) is 3.21. The quantitative estimate of drug-likeness (QED) is 0.769. The molecule has 7 nitrogen and oxygen atoms in total. The van der Waals surface area contributed by atoms with Crippen molar-refractivity contribution in [3.05, 3.63) is 29.8 Å². The van der Waals surface area contributed by atoms with Crippen molar-refractivity contribution in [1.82, 2.24) is 9.62 Å². The van der Waals surface area contributed by atoms with E-state index >= 15 is 0 Å². The van der Waals surface area contributed by atoms with Gasteiger partial charge in [-0.15, -0.1) is 0 Å². The lowest BCUT2D eigenvalue weighted by Crippen LogP contribution is -2.43. The van der Waals surface area contributed by atoms with Crippen LogP contribution in [0.3, 0.4) is 0 Å².